The third-order valence-electron chi connectivity index (χ3n) is 5.22. The first-order valence-electron chi connectivity index (χ1n) is 14.0. The number of carbonyl (C=O) groups is 2. The van der Waals surface area contributed by atoms with Gasteiger partial charge in [-0.25, -0.2) is 4.99 Å². The molecule has 2 aromatic carbocycles. The van der Waals surface area contributed by atoms with Gasteiger partial charge >= 0.3 is 0 Å². The summed E-state index contributed by atoms with van der Waals surface area (Å²) in [5, 5.41) is 14.7. The lowest BCUT2D eigenvalue weighted by atomic mass is 9.98. The fourth-order valence-electron chi connectivity index (χ4n) is 3.19. The van der Waals surface area contributed by atoms with E-state index in [1.54, 1.807) is 6.08 Å². The van der Waals surface area contributed by atoms with Crippen molar-refractivity contribution in [2.75, 3.05) is 19.8 Å². The number of H-pyrrole nitrogens is 1. The van der Waals surface area contributed by atoms with Crippen molar-refractivity contribution in [3.63, 3.8) is 0 Å². The molecule has 0 aliphatic heterocycles. The molecule has 0 aliphatic carbocycles. The lowest BCUT2D eigenvalue weighted by Gasteiger charge is -2.18. The Balaban J connectivity index is -0.000000594. The molecule has 0 saturated carbocycles. The van der Waals surface area contributed by atoms with E-state index >= 15 is 0 Å². The predicted molar refractivity (Wildman–Crippen MR) is 183 cm³/mol. The van der Waals surface area contributed by atoms with E-state index in [9.17, 15) is 0 Å². The molecule has 0 fully saturated rings. The molecule has 232 valence electrons. The largest absolute Gasteiger partial charge is 0.398 e. The van der Waals surface area contributed by atoms with Gasteiger partial charge in [-0.1, -0.05) is 58.0 Å². The Kier molecular flexibility index (Phi) is 28.0. The van der Waals surface area contributed by atoms with Crippen LogP contribution in [0.1, 0.15) is 70.7 Å². The number of rotatable bonds is 8. The summed E-state index contributed by atoms with van der Waals surface area (Å²) >= 11 is 0. The Morgan fingerprint density at radius 3 is 2.14 bits per heavy atom. The number of carbonyl (C=O) groups excluding carboxylic acids is 2. The summed E-state index contributed by atoms with van der Waals surface area (Å²) in [5.74, 6) is 0.308. The van der Waals surface area contributed by atoms with Crippen molar-refractivity contribution in [3.05, 3.63) is 89.8 Å². The molecule has 1 atom stereocenters. The van der Waals surface area contributed by atoms with Gasteiger partial charge in [0.2, 0.25) is 0 Å². The zero-order valence-electron chi connectivity index (χ0n) is 26.9. The second-order valence-corrected chi connectivity index (χ2v) is 7.90. The number of aliphatic imine (C=N–C) groups is 1. The molecule has 3 rings (SSSR count). The van der Waals surface area contributed by atoms with E-state index < -0.39 is 0 Å². The monoisotopic (exact) mass is 579 g/mol. The summed E-state index contributed by atoms with van der Waals surface area (Å²) in [7, 11) is 3.79. The van der Waals surface area contributed by atoms with Crippen molar-refractivity contribution < 1.29 is 9.59 Å². The zero-order chi connectivity index (χ0) is 32.9. The summed E-state index contributed by atoms with van der Waals surface area (Å²) in [4.78, 5) is 24.6. The van der Waals surface area contributed by atoms with Crippen molar-refractivity contribution in [3.8, 4) is 0 Å². The van der Waals surface area contributed by atoms with E-state index in [0.29, 0.717) is 11.5 Å². The lowest BCUT2D eigenvalue weighted by Crippen LogP contribution is -2.20. The van der Waals surface area contributed by atoms with Gasteiger partial charge < -0.3 is 27.1 Å². The Morgan fingerprint density at radius 2 is 1.67 bits per heavy atom. The molecule has 0 aliphatic rings. The van der Waals surface area contributed by atoms with Crippen molar-refractivity contribution in [2.45, 2.75) is 60.9 Å². The highest BCUT2D eigenvalue weighted by molar-refractivity contribution is 6.09. The number of hydrogen-bond acceptors (Lipinski definition) is 6. The maximum absolute atomic E-state index is 8.81. The van der Waals surface area contributed by atoms with Crippen LogP contribution in [0.15, 0.2) is 78.1 Å². The lowest BCUT2D eigenvalue weighted by molar-refractivity contribution is -0.122. The van der Waals surface area contributed by atoms with Gasteiger partial charge in [0.25, 0.3) is 0 Å². The summed E-state index contributed by atoms with van der Waals surface area (Å²) in [6, 6.07) is 13.9. The first kappa shape index (κ1) is 42.0. The first-order valence-corrected chi connectivity index (χ1v) is 14.0. The van der Waals surface area contributed by atoms with Gasteiger partial charge in [0.1, 0.15) is 12.2 Å². The van der Waals surface area contributed by atoms with Crippen LogP contribution in [0, 0.1) is 12.3 Å². The number of benzene rings is 2. The van der Waals surface area contributed by atoms with Crippen LogP contribution < -0.4 is 22.1 Å². The minimum Gasteiger partial charge on any atom is -0.398 e. The number of nitrogens with zero attached hydrogens (tertiary/aromatic N) is 1. The number of para-hydroxylation sites is 1. The van der Waals surface area contributed by atoms with Crippen LogP contribution in [0.4, 0.5) is 5.69 Å². The normalized spacial score (nSPS) is 10.5. The number of fused-ring (bicyclic) bond motifs is 1. The number of aldehydes is 2. The first-order chi connectivity index (χ1) is 20.2. The number of aryl methyl sites for hydroxylation is 1. The highest BCUT2D eigenvalue weighted by atomic mass is 16.2. The second kappa shape index (κ2) is 28.0. The average molecular weight is 580 g/mol. The Bertz CT molecular complexity index is 1210. The number of aromatic amines is 1. The number of amidine groups is 1. The Hall–Kier alpha value is -4.50. The van der Waals surface area contributed by atoms with Gasteiger partial charge in [-0.15, -0.1) is 6.58 Å². The molecule has 9 nitrogen and oxygen atoms in total. The summed E-state index contributed by atoms with van der Waals surface area (Å²) in [6.45, 7) is 17.4. The SMILES string of the molecule is C=CC.CC.CC.CN/C(C)=C/CC(NC)c1cc(C(N)=NC=N)ccc1N.Cc1c[nH]c2ccccc12.O=CC=O. The topological polar surface area (TPSA) is 162 Å². The van der Waals surface area contributed by atoms with Crippen LogP contribution >= 0.6 is 0 Å². The van der Waals surface area contributed by atoms with Crippen LogP contribution in [-0.2, 0) is 9.59 Å². The molecular formula is C33H53N7O2. The van der Waals surface area contributed by atoms with E-state index in [1.807, 2.05) is 86.1 Å². The van der Waals surface area contributed by atoms with Crippen LogP contribution in [0.25, 0.3) is 10.9 Å². The number of anilines is 1. The molecule has 0 saturated heterocycles. The predicted octanol–water partition coefficient (Wildman–Crippen LogP) is 6.46. The quantitative estimate of drug-likeness (QED) is 0.0448. The highest BCUT2D eigenvalue weighted by Crippen LogP contribution is 2.25. The maximum Gasteiger partial charge on any atom is 0.182 e. The molecule has 8 N–H and O–H groups in total. The molecule has 1 heterocycles. The standard InChI is InChI=1S/C15H24N6.C9H9N.C3H6.C2H2O2.2C2H6/c1-10(19-2)4-7-14(20-3)12-8-11(5-6-13(12)17)15(18)21-9-16;1-7-6-10-9-5-3-2-4-8(7)9;1-3-2;3-1-2-4;2*1-2/h4-6,8-9,14,19-20H,7,17H2,1-3H3,(H3,16,18,21);2-6,10H,1H3;3H,1H2,2H3;1-2H;2*1-2H3/b10-4+;;;;;. The minimum atomic E-state index is 0.0843. The number of hydrogen-bond donors (Lipinski definition) is 6. The third kappa shape index (κ3) is 17.2. The average Bonchev–Trinajstić information content (AvgIpc) is 3.41. The molecule has 0 spiro atoms. The van der Waals surface area contributed by atoms with E-state index in [1.165, 1.54) is 16.5 Å². The molecule has 42 heavy (non-hydrogen) atoms. The minimum absolute atomic E-state index is 0.0843. The molecular weight excluding hydrogens is 526 g/mol. The number of nitrogen functional groups attached to an aromatic ring is 1. The summed E-state index contributed by atoms with van der Waals surface area (Å²) in [5.41, 5.74) is 18.0. The molecule has 0 amide bonds. The fraction of sp³-hybridized carbons (Fsp3) is 0.333. The second-order valence-electron chi connectivity index (χ2n) is 7.90. The van der Waals surface area contributed by atoms with Gasteiger partial charge in [0.05, 0.1) is 0 Å². The van der Waals surface area contributed by atoms with Gasteiger partial charge in [-0.05, 0) is 69.6 Å². The van der Waals surface area contributed by atoms with E-state index in [-0.39, 0.29) is 18.6 Å². The van der Waals surface area contributed by atoms with Crippen molar-refractivity contribution in [1.29, 1.82) is 5.41 Å². The van der Waals surface area contributed by atoms with Crippen LogP contribution in [-0.4, -0.2) is 43.8 Å². The highest BCUT2D eigenvalue weighted by Gasteiger charge is 2.13. The van der Waals surface area contributed by atoms with Gasteiger partial charge in [0.15, 0.2) is 12.6 Å². The third-order valence-corrected chi connectivity index (χ3v) is 5.22. The Labute approximate surface area is 253 Å². The number of allylic oxidation sites excluding steroid dienone is 2. The zero-order valence-corrected chi connectivity index (χ0v) is 26.9. The number of aromatic nitrogens is 1. The Morgan fingerprint density at radius 1 is 1.10 bits per heavy atom. The van der Waals surface area contributed by atoms with Gasteiger partial charge in [0, 0.05) is 47.1 Å². The molecule has 0 bridgehead atoms. The molecule has 9 heteroatoms. The van der Waals surface area contributed by atoms with Crippen molar-refractivity contribution in [1.82, 2.24) is 15.6 Å². The number of nitrogens with two attached hydrogens (primary N) is 2. The van der Waals surface area contributed by atoms with Gasteiger partial charge in [-0.2, -0.15) is 0 Å². The van der Waals surface area contributed by atoms with Crippen molar-refractivity contribution >= 4 is 41.3 Å². The van der Waals surface area contributed by atoms with E-state index in [2.05, 4.69) is 58.4 Å². The van der Waals surface area contributed by atoms with Crippen molar-refractivity contribution in [2.24, 2.45) is 10.7 Å². The molecule has 3 aromatic rings. The number of nitrogens with one attached hydrogen (secondary N) is 4. The van der Waals surface area contributed by atoms with Gasteiger partial charge in [-0.3, -0.25) is 15.0 Å². The van der Waals surface area contributed by atoms with Crippen LogP contribution in [0.3, 0.4) is 0 Å². The van der Waals surface area contributed by atoms with E-state index in [4.69, 9.17) is 26.5 Å². The fourth-order valence-corrected chi connectivity index (χ4v) is 3.19. The molecule has 0 radical (unpaired) electrons. The summed E-state index contributed by atoms with van der Waals surface area (Å²) < 4.78 is 0. The van der Waals surface area contributed by atoms with E-state index in [0.717, 1.165) is 29.6 Å². The van der Waals surface area contributed by atoms with Crippen LogP contribution in [0.2, 0.25) is 0 Å². The smallest absolute Gasteiger partial charge is 0.182 e. The molecule has 1 aromatic heterocycles. The summed E-state index contributed by atoms with van der Waals surface area (Å²) in [6.07, 6.45) is 8.02. The maximum atomic E-state index is 8.81. The van der Waals surface area contributed by atoms with Crippen LogP contribution in [0.5, 0.6) is 0 Å². The molecule has 1 unspecified atom stereocenters.